The number of allylic oxidation sites excluding steroid dienone is 2. The molecule has 42 heavy (non-hydrogen) atoms. The lowest BCUT2D eigenvalue weighted by molar-refractivity contribution is -0.193. The van der Waals surface area contributed by atoms with Crippen LogP contribution in [0.2, 0.25) is 0 Å². The van der Waals surface area contributed by atoms with Crippen LogP contribution < -0.4 is 4.84 Å². The molecule has 6 nitrogen and oxygen atoms in total. The molecule has 2 aromatic rings. The Kier molecular flexibility index (Phi) is 6.15. The number of carbonyl (C=O) groups is 2. The number of carbonyl (C=O) groups excluding carboxylic acids is 2. The zero-order valence-electron chi connectivity index (χ0n) is 26.0. The summed E-state index contributed by atoms with van der Waals surface area (Å²) in [4.78, 5) is 35.2. The fraction of sp³-hybridized carbons (Fsp3) is 0.706. The number of aryl methyl sites for hydroxylation is 1. The first-order valence-electron chi connectivity index (χ1n) is 15.8. The SMILES string of the molecule is Cc1csc(=S)n1OC(=O)[C@]12CCC(C)(C)CC1C1C(=O)C=C3[C@@]4(C)Cc5cnoc5[C@@H](C)[C@@H]4CC[C@@]3(C)[C@]1(C)CC2. The van der Waals surface area contributed by atoms with Crippen LogP contribution in [0.15, 0.2) is 27.7 Å². The second kappa shape index (κ2) is 8.99. The standard InChI is InChI=1S/C34H44N2O4S2/c1-19-18-42-29(41)36(19)40-28(38)34-12-10-30(3,4)16-23(34)26-24(37)14-25-31(5)15-21-17-35-39-27(21)20(2)22(31)8-9-32(25,6)33(26,7)11-13-34/h14,17-18,20,22-23,26H,8-13,15-16H2,1-7H3/t20-,22-,23?,26?,31-,32+,33+,34-/m0/s1. The molecule has 5 aliphatic rings. The lowest BCUT2D eigenvalue weighted by Gasteiger charge is -2.68. The number of rotatable bonds is 2. The Balaban J connectivity index is 1.33. The van der Waals surface area contributed by atoms with Crippen molar-refractivity contribution in [2.75, 3.05) is 0 Å². The van der Waals surface area contributed by atoms with E-state index >= 15 is 0 Å². The fourth-order valence-electron chi connectivity index (χ4n) is 10.9. The highest BCUT2D eigenvalue weighted by Gasteiger charge is 2.70. The Bertz CT molecular complexity index is 1580. The number of thiazole rings is 1. The maximum Gasteiger partial charge on any atom is 0.339 e. The van der Waals surface area contributed by atoms with Crippen molar-refractivity contribution in [1.82, 2.24) is 9.89 Å². The van der Waals surface area contributed by atoms with E-state index in [1.807, 2.05) is 18.5 Å². The molecule has 3 saturated carbocycles. The molecule has 0 saturated heterocycles. The van der Waals surface area contributed by atoms with Gasteiger partial charge < -0.3 is 9.36 Å². The molecule has 2 heterocycles. The van der Waals surface area contributed by atoms with Crippen molar-refractivity contribution in [3.8, 4) is 0 Å². The second-order valence-electron chi connectivity index (χ2n) is 15.9. The average molecular weight is 609 g/mol. The Hall–Kier alpha value is -2.06. The van der Waals surface area contributed by atoms with Gasteiger partial charge in [0, 0.05) is 22.8 Å². The van der Waals surface area contributed by atoms with Crippen molar-refractivity contribution in [2.24, 2.45) is 44.8 Å². The van der Waals surface area contributed by atoms with Gasteiger partial charge in [0.05, 0.1) is 17.3 Å². The molecule has 226 valence electrons. The van der Waals surface area contributed by atoms with E-state index in [9.17, 15) is 9.59 Å². The maximum atomic E-state index is 14.7. The molecule has 0 radical (unpaired) electrons. The molecule has 0 aliphatic heterocycles. The molecular formula is C34H44N2O4S2. The van der Waals surface area contributed by atoms with Crippen LogP contribution in [-0.4, -0.2) is 21.6 Å². The van der Waals surface area contributed by atoms with Crippen molar-refractivity contribution in [1.29, 1.82) is 0 Å². The molecule has 0 spiro atoms. The first kappa shape index (κ1) is 28.7. The van der Waals surface area contributed by atoms with Gasteiger partial charge in [-0.05, 0) is 110 Å². The topological polar surface area (TPSA) is 74.3 Å². The van der Waals surface area contributed by atoms with Crippen LogP contribution in [0.4, 0.5) is 0 Å². The Morgan fingerprint density at radius 3 is 2.57 bits per heavy atom. The Labute approximate surface area is 258 Å². The summed E-state index contributed by atoms with van der Waals surface area (Å²) in [5, 5.41) is 6.09. The number of ketones is 1. The highest BCUT2D eigenvalue weighted by Crippen LogP contribution is 2.74. The molecule has 8 heteroatoms. The van der Waals surface area contributed by atoms with Gasteiger partial charge in [0.25, 0.3) is 0 Å². The van der Waals surface area contributed by atoms with Gasteiger partial charge in [0.1, 0.15) is 5.76 Å². The highest BCUT2D eigenvalue weighted by atomic mass is 32.1. The minimum atomic E-state index is -0.683. The molecule has 2 unspecified atom stereocenters. The van der Waals surface area contributed by atoms with E-state index in [4.69, 9.17) is 21.6 Å². The summed E-state index contributed by atoms with van der Waals surface area (Å²) in [6.45, 7) is 16.0. The van der Waals surface area contributed by atoms with Crippen LogP contribution in [0, 0.1) is 55.7 Å². The minimum absolute atomic E-state index is 0.0552. The molecule has 8 atom stereocenters. The van der Waals surface area contributed by atoms with Crippen molar-refractivity contribution in [2.45, 2.75) is 106 Å². The third-order valence-electron chi connectivity index (χ3n) is 13.4. The third kappa shape index (κ3) is 3.60. The quantitative estimate of drug-likeness (QED) is 0.321. The lowest BCUT2D eigenvalue weighted by Crippen LogP contribution is -2.65. The van der Waals surface area contributed by atoms with Crippen LogP contribution in [-0.2, 0) is 16.0 Å². The van der Waals surface area contributed by atoms with Gasteiger partial charge in [-0.3, -0.25) is 4.79 Å². The van der Waals surface area contributed by atoms with Gasteiger partial charge in [-0.25, -0.2) is 4.79 Å². The van der Waals surface area contributed by atoms with Gasteiger partial charge in [-0.2, -0.15) is 4.73 Å². The molecule has 0 amide bonds. The molecular weight excluding hydrogens is 565 g/mol. The largest absolute Gasteiger partial charge is 0.361 e. The average Bonchev–Trinajstić information content (AvgIpc) is 3.51. The van der Waals surface area contributed by atoms with Gasteiger partial charge in [-0.1, -0.05) is 52.3 Å². The van der Waals surface area contributed by atoms with Crippen LogP contribution in [0.5, 0.6) is 0 Å². The summed E-state index contributed by atoms with van der Waals surface area (Å²) >= 11 is 6.91. The summed E-state index contributed by atoms with van der Waals surface area (Å²) in [5.41, 5.74) is 2.23. The predicted molar refractivity (Wildman–Crippen MR) is 165 cm³/mol. The molecule has 2 aromatic heterocycles. The number of aromatic nitrogens is 2. The van der Waals surface area contributed by atoms with E-state index < -0.39 is 5.41 Å². The van der Waals surface area contributed by atoms with Crippen molar-refractivity contribution < 1.29 is 18.9 Å². The van der Waals surface area contributed by atoms with Crippen molar-refractivity contribution >= 4 is 35.3 Å². The molecule has 0 N–H and O–H groups in total. The number of nitrogens with zero attached hydrogens (tertiary/aromatic N) is 2. The van der Waals surface area contributed by atoms with Crippen LogP contribution in [0.1, 0.15) is 109 Å². The van der Waals surface area contributed by atoms with Gasteiger partial charge in [-0.15, -0.1) is 11.3 Å². The van der Waals surface area contributed by atoms with E-state index in [-0.39, 0.29) is 51.2 Å². The van der Waals surface area contributed by atoms with E-state index in [1.54, 1.807) is 0 Å². The fourth-order valence-corrected chi connectivity index (χ4v) is 11.8. The van der Waals surface area contributed by atoms with Gasteiger partial charge >= 0.3 is 5.97 Å². The predicted octanol–water partition coefficient (Wildman–Crippen LogP) is 8.05. The zero-order valence-corrected chi connectivity index (χ0v) is 27.7. The summed E-state index contributed by atoms with van der Waals surface area (Å²) in [6.07, 6.45) is 11.1. The smallest absolute Gasteiger partial charge is 0.339 e. The lowest BCUT2D eigenvalue weighted by atomic mass is 9.34. The van der Waals surface area contributed by atoms with Crippen LogP contribution >= 0.6 is 23.6 Å². The van der Waals surface area contributed by atoms with E-state index in [0.29, 0.717) is 9.87 Å². The van der Waals surface area contributed by atoms with Crippen LogP contribution in [0.3, 0.4) is 0 Å². The summed E-state index contributed by atoms with van der Waals surface area (Å²) < 4.78 is 7.79. The molecule has 5 aliphatic carbocycles. The van der Waals surface area contributed by atoms with E-state index in [2.05, 4.69) is 52.8 Å². The van der Waals surface area contributed by atoms with E-state index in [0.717, 1.165) is 62.8 Å². The van der Waals surface area contributed by atoms with Crippen molar-refractivity contribution in [3.05, 3.63) is 44.2 Å². The normalized spacial score (nSPS) is 41.9. The summed E-state index contributed by atoms with van der Waals surface area (Å²) in [7, 11) is 0. The molecule has 0 bridgehead atoms. The molecule has 3 fully saturated rings. The third-order valence-corrected chi connectivity index (χ3v) is 14.7. The maximum absolute atomic E-state index is 14.7. The van der Waals surface area contributed by atoms with Crippen LogP contribution in [0.25, 0.3) is 0 Å². The highest BCUT2D eigenvalue weighted by molar-refractivity contribution is 7.73. The first-order chi connectivity index (χ1) is 19.7. The Morgan fingerprint density at radius 1 is 1.12 bits per heavy atom. The molecule has 0 aromatic carbocycles. The second-order valence-corrected chi connectivity index (χ2v) is 17.4. The summed E-state index contributed by atoms with van der Waals surface area (Å²) in [6, 6.07) is 0. The van der Waals surface area contributed by atoms with Gasteiger partial charge in [0.15, 0.2) is 9.74 Å². The molecule has 7 rings (SSSR count). The monoisotopic (exact) mass is 608 g/mol. The Morgan fingerprint density at radius 2 is 1.86 bits per heavy atom. The number of hydrogen-bond acceptors (Lipinski definition) is 7. The number of hydrogen-bond donors (Lipinski definition) is 0. The van der Waals surface area contributed by atoms with Crippen molar-refractivity contribution in [3.63, 3.8) is 0 Å². The van der Waals surface area contributed by atoms with Gasteiger partial charge in [0.2, 0.25) is 0 Å². The zero-order chi connectivity index (χ0) is 30.0. The number of fused-ring (bicyclic) bond motifs is 8. The van der Waals surface area contributed by atoms with E-state index in [1.165, 1.54) is 27.2 Å². The minimum Gasteiger partial charge on any atom is -0.361 e. The summed E-state index contributed by atoms with van der Waals surface area (Å²) in [5.74, 6) is 1.45. The first-order valence-corrected chi connectivity index (χ1v) is 17.1.